The molecule has 1 unspecified atom stereocenters. The lowest BCUT2D eigenvalue weighted by atomic mass is 9.81. The van der Waals surface area contributed by atoms with E-state index in [1.807, 2.05) is 12.1 Å². The lowest BCUT2D eigenvalue weighted by Gasteiger charge is -2.32. The molecule has 5 nitrogen and oxygen atoms in total. The first-order valence-electron chi connectivity index (χ1n) is 8.87. The Hall–Kier alpha value is -2.17. The predicted octanol–water partition coefficient (Wildman–Crippen LogP) is 3.99. The van der Waals surface area contributed by atoms with Crippen LogP contribution in [0.3, 0.4) is 0 Å². The predicted molar refractivity (Wildman–Crippen MR) is 95.1 cm³/mol. The van der Waals surface area contributed by atoms with Gasteiger partial charge in [-0.1, -0.05) is 19.3 Å². The molecule has 3 rings (SSSR count). The molecule has 25 heavy (non-hydrogen) atoms. The number of methoxy groups -OCH3 is 3. The van der Waals surface area contributed by atoms with Gasteiger partial charge in [-0.2, -0.15) is 0 Å². The van der Waals surface area contributed by atoms with Gasteiger partial charge >= 0.3 is 5.97 Å². The van der Waals surface area contributed by atoms with Gasteiger partial charge < -0.3 is 18.9 Å². The lowest BCUT2D eigenvalue weighted by molar-refractivity contribution is -0.147. The Morgan fingerprint density at radius 1 is 0.960 bits per heavy atom. The monoisotopic (exact) mass is 346 g/mol. The van der Waals surface area contributed by atoms with Crippen LogP contribution in [-0.2, 0) is 9.53 Å². The van der Waals surface area contributed by atoms with E-state index in [9.17, 15) is 4.79 Å². The van der Waals surface area contributed by atoms with Gasteiger partial charge in [0.25, 0.3) is 0 Å². The van der Waals surface area contributed by atoms with Crippen LogP contribution >= 0.6 is 0 Å². The van der Waals surface area contributed by atoms with E-state index in [1.54, 1.807) is 27.4 Å². The van der Waals surface area contributed by atoms with Crippen LogP contribution in [0.5, 0.6) is 17.2 Å². The Morgan fingerprint density at radius 3 is 2.16 bits per heavy atom. The molecular formula is C20H26O5. The SMILES string of the molecule is COc1cc(C2=CC(=O)OC(C3CCCCC3)C2)cc(OC)c1OC. The molecule has 0 amide bonds. The van der Waals surface area contributed by atoms with E-state index < -0.39 is 0 Å². The van der Waals surface area contributed by atoms with Crippen molar-refractivity contribution in [3.63, 3.8) is 0 Å². The molecule has 1 fully saturated rings. The number of esters is 1. The average Bonchev–Trinajstić information content (AvgIpc) is 2.66. The zero-order chi connectivity index (χ0) is 17.8. The summed E-state index contributed by atoms with van der Waals surface area (Å²) in [6.45, 7) is 0. The summed E-state index contributed by atoms with van der Waals surface area (Å²) in [6.07, 6.45) is 8.29. The molecule has 2 aliphatic rings. The molecule has 136 valence electrons. The number of carbonyl (C=O) groups excluding carboxylic acids is 1. The molecule has 0 spiro atoms. The Morgan fingerprint density at radius 2 is 1.60 bits per heavy atom. The van der Waals surface area contributed by atoms with Gasteiger partial charge in [0.15, 0.2) is 11.5 Å². The first kappa shape index (κ1) is 17.6. The van der Waals surface area contributed by atoms with Crippen molar-refractivity contribution >= 4 is 11.5 Å². The summed E-state index contributed by atoms with van der Waals surface area (Å²) in [5.74, 6) is 1.93. The maximum Gasteiger partial charge on any atom is 0.331 e. The number of hydrogen-bond acceptors (Lipinski definition) is 5. The standard InChI is InChI=1S/C20H26O5/c1-22-17-10-14(11-18(23-2)20(17)24-3)15-9-16(25-19(21)12-15)13-7-5-4-6-8-13/h10-13,16H,4-9H2,1-3H3. The Bertz CT molecular complexity index is 633. The highest BCUT2D eigenvalue weighted by molar-refractivity contribution is 5.93. The summed E-state index contributed by atoms with van der Waals surface area (Å²) in [5.41, 5.74) is 1.87. The first-order chi connectivity index (χ1) is 12.2. The largest absolute Gasteiger partial charge is 0.493 e. The molecule has 1 heterocycles. The third-order valence-corrected chi connectivity index (χ3v) is 5.19. The molecule has 0 N–H and O–H groups in total. The molecule has 5 heteroatoms. The molecule has 1 aliphatic carbocycles. The van der Waals surface area contributed by atoms with E-state index in [4.69, 9.17) is 18.9 Å². The molecule has 0 radical (unpaired) electrons. The quantitative estimate of drug-likeness (QED) is 0.755. The summed E-state index contributed by atoms with van der Waals surface area (Å²) >= 11 is 0. The second-order valence-electron chi connectivity index (χ2n) is 6.66. The molecule has 1 saturated carbocycles. The van der Waals surface area contributed by atoms with Crippen molar-refractivity contribution < 1.29 is 23.7 Å². The Labute approximate surface area is 148 Å². The van der Waals surface area contributed by atoms with Crippen LogP contribution in [0, 0.1) is 5.92 Å². The van der Waals surface area contributed by atoms with Gasteiger partial charge in [0.1, 0.15) is 6.10 Å². The van der Waals surface area contributed by atoms with Crippen molar-refractivity contribution in [1.82, 2.24) is 0 Å². The molecule has 1 aromatic carbocycles. The summed E-state index contributed by atoms with van der Waals surface area (Å²) in [7, 11) is 4.77. The third kappa shape index (κ3) is 3.75. The summed E-state index contributed by atoms with van der Waals surface area (Å²) in [6, 6.07) is 3.79. The van der Waals surface area contributed by atoms with Crippen LogP contribution in [0.1, 0.15) is 44.1 Å². The van der Waals surface area contributed by atoms with Crippen molar-refractivity contribution in [3.05, 3.63) is 23.8 Å². The average molecular weight is 346 g/mol. The number of ether oxygens (including phenoxy) is 4. The topological polar surface area (TPSA) is 54.0 Å². The van der Waals surface area contributed by atoms with E-state index in [2.05, 4.69) is 0 Å². The number of carbonyl (C=O) groups is 1. The summed E-state index contributed by atoms with van der Waals surface area (Å²) in [4.78, 5) is 12.1. The van der Waals surface area contributed by atoms with E-state index >= 15 is 0 Å². The number of benzene rings is 1. The molecule has 0 aromatic heterocycles. The molecule has 1 atom stereocenters. The zero-order valence-electron chi connectivity index (χ0n) is 15.2. The lowest BCUT2D eigenvalue weighted by Crippen LogP contribution is -2.31. The van der Waals surface area contributed by atoms with Crippen LogP contribution in [-0.4, -0.2) is 33.4 Å². The van der Waals surface area contributed by atoms with E-state index in [1.165, 1.54) is 19.3 Å². The van der Waals surface area contributed by atoms with Crippen LogP contribution in [0.15, 0.2) is 18.2 Å². The maximum atomic E-state index is 12.1. The van der Waals surface area contributed by atoms with Gasteiger partial charge in [-0.15, -0.1) is 0 Å². The number of rotatable bonds is 5. The molecule has 0 saturated heterocycles. The van der Waals surface area contributed by atoms with Crippen molar-refractivity contribution in [2.24, 2.45) is 5.92 Å². The van der Waals surface area contributed by atoms with Gasteiger partial charge in [-0.05, 0) is 42.0 Å². The highest BCUT2D eigenvalue weighted by Gasteiger charge is 2.31. The van der Waals surface area contributed by atoms with E-state index in [0.29, 0.717) is 23.2 Å². The number of hydrogen-bond donors (Lipinski definition) is 0. The van der Waals surface area contributed by atoms with Crippen LogP contribution in [0.25, 0.3) is 5.57 Å². The first-order valence-corrected chi connectivity index (χ1v) is 8.87. The third-order valence-electron chi connectivity index (χ3n) is 5.19. The molecule has 1 aliphatic heterocycles. The van der Waals surface area contributed by atoms with Crippen molar-refractivity contribution in [2.75, 3.05) is 21.3 Å². The van der Waals surface area contributed by atoms with Gasteiger partial charge in [-0.25, -0.2) is 4.79 Å². The smallest absolute Gasteiger partial charge is 0.331 e. The van der Waals surface area contributed by atoms with Crippen molar-refractivity contribution in [3.8, 4) is 17.2 Å². The highest BCUT2D eigenvalue weighted by atomic mass is 16.5. The second kappa shape index (κ2) is 7.81. The van der Waals surface area contributed by atoms with Crippen LogP contribution < -0.4 is 14.2 Å². The Balaban J connectivity index is 1.90. The fraction of sp³-hybridized carbons (Fsp3) is 0.550. The van der Waals surface area contributed by atoms with Crippen molar-refractivity contribution in [2.45, 2.75) is 44.6 Å². The Kier molecular flexibility index (Phi) is 5.51. The van der Waals surface area contributed by atoms with Crippen LogP contribution in [0.4, 0.5) is 0 Å². The van der Waals surface area contributed by atoms with E-state index in [0.717, 1.165) is 30.4 Å². The summed E-state index contributed by atoms with van der Waals surface area (Å²) in [5, 5.41) is 0. The summed E-state index contributed by atoms with van der Waals surface area (Å²) < 4.78 is 21.9. The maximum absolute atomic E-state index is 12.1. The van der Waals surface area contributed by atoms with Crippen LogP contribution in [0.2, 0.25) is 0 Å². The minimum atomic E-state index is -0.259. The van der Waals surface area contributed by atoms with Gasteiger partial charge in [0, 0.05) is 12.5 Å². The van der Waals surface area contributed by atoms with Crippen molar-refractivity contribution in [1.29, 1.82) is 0 Å². The van der Waals surface area contributed by atoms with E-state index in [-0.39, 0.29) is 12.1 Å². The molecule has 1 aromatic rings. The second-order valence-corrected chi connectivity index (χ2v) is 6.66. The minimum absolute atomic E-state index is 0.0353. The van der Waals surface area contributed by atoms with Gasteiger partial charge in [-0.3, -0.25) is 0 Å². The normalized spacial score (nSPS) is 21.3. The molecular weight excluding hydrogens is 320 g/mol. The molecule has 0 bridgehead atoms. The van der Waals surface area contributed by atoms with Gasteiger partial charge in [0.2, 0.25) is 5.75 Å². The van der Waals surface area contributed by atoms with Gasteiger partial charge in [0.05, 0.1) is 21.3 Å². The fourth-order valence-electron chi connectivity index (χ4n) is 3.88. The highest BCUT2D eigenvalue weighted by Crippen LogP contribution is 2.42. The number of cyclic esters (lactones) is 1. The fourth-order valence-corrected chi connectivity index (χ4v) is 3.88. The zero-order valence-corrected chi connectivity index (χ0v) is 15.2. The minimum Gasteiger partial charge on any atom is -0.493 e.